The molecule has 0 bridgehead atoms. The van der Waals surface area contributed by atoms with Gasteiger partial charge < -0.3 is 5.73 Å². The second-order valence-electron chi connectivity index (χ2n) is 4.04. The standard InChI is InChI=1S/C12H16N2O/c13-12(15)11(14-10-7-4-8-10)9-5-2-1-3-6-9/h1-3,5-6,10-11,14H,4,7-8H2,(H2,13,15). The van der Waals surface area contributed by atoms with E-state index in [0.717, 1.165) is 18.4 Å². The smallest absolute Gasteiger partial charge is 0.239 e. The molecule has 1 aliphatic carbocycles. The highest BCUT2D eigenvalue weighted by Crippen LogP contribution is 2.22. The largest absolute Gasteiger partial charge is 0.368 e. The van der Waals surface area contributed by atoms with E-state index >= 15 is 0 Å². The SMILES string of the molecule is NC(=O)C(NC1CCC1)c1ccccc1. The Bertz CT molecular complexity index is 333. The molecular weight excluding hydrogens is 188 g/mol. The normalized spacial score (nSPS) is 18.1. The van der Waals surface area contributed by atoms with Crippen LogP contribution in [0, 0.1) is 0 Å². The third-order valence-electron chi connectivity index (χ3n) is 2.92. The van der Waals surface area contributed by atoms with E-state index in [4.69, 9.17) is 5.73 Å². The van der Waals surface area contributed by atoms with Crippen molar-refractivity contribution in [3.05, 3.63) is 35.9 Å². The van der Waals surface area contributed by atoms with Gasteiger partial charge in [-0.2, -0.15) is 0 Å². The molecule has 2 rings (SSSR count). The van der Waals surface area contributed by atoms with Crippen LogP contribution in [0.3, 0.4) is 0 Å². The molecule has 3 nitrogen and oxygen atoms in total. The van der Waals surface area contributed by atoms with E-state index in [9.17, 15) is 4.79 Å². The second kappa shape index (κ2) is 4.45. The van der Waals surface area contributed by atoms with Crippen LogP contribution in [0.2, 0.25) is 0 Å². The molecule has 1 saturated carbocycles. The third kappa shape index (κ3) is 2.36. The van der Waals surface area contributed by atoms with Crippen molar-refractivity contribution in [3.8, 4) is 0 Å². The highest BCUT2D eigenvalue weighted by Gasteiger charge is 2.24. The maximum absolute atomic E-state index is 11.3. The van der Waals surface area contributed by atoms with Crippen LogP contribution in [0.1, 0.15) is 30.9 Å². The molecule has 1 aliphatic rings. The predicted octanol–water partition coefficient (Wildman–Crippen LogP) is 1.36. The van der Waals surface area contributed by atoms with Gasteiger partial charge in [-0.3, -0.25) is 10.1 Å². The lowest BCUT2D eigenvalue weighted by Gasteiger charge is -2.30. The minimum absolute atomic E-state index is 0.298. The van der Waals surface area contributed by atoms with Crippen LogP contribution in [0.25, 0.3) is 0 Å². The Morgan fingerprint density at radius 1 is 1.33 bits per heavy atom. The molecule has 0 radical (unpaired) electrons. The zero-order valence-corrected chi connectivity index (χ0v) is 8.65. The molecule has 0 spiro atoms. The number of carbonyl (C=O) groups excluding carboxylic acids is 1. The summed E-state index contributed by atoms with van der Waals surface area (Å²) in [7, 11) is 0. The van der Waals surface area contributed by atoms with Crippen molar-refractivity contribution >= 4 is 5.91 Å². The highest BCUT2D eigenvalue weighted by molar-refractivity contribution is 5.81. The lowest BCUT2D eigenvalue weighted by Crippen LogP contribution is -2.43. The Morgan fingerprint density at radius 2 is 2.00 bits per heavy atom. The number of amides is 1. The van der Waals surface area contributed by atoms with Gasteiger partial charge in [0.1, 0.15) is 6.04 Å². The molecule has 1 fully saturated rings. The van der Waals surface area contributed by atoms with Gasteiger partial charge in [-0.1, -0.05) is 36.8 Å². The zero-order valence-electron chi connectivity index (χ0n) is 8.65. The first-order valence-electron chi connectivity index (χ1n) is 5.37. The van der Waals surface area contributed by atoms with Crippen LogP contribution in [0.4, 0.5) is 0 Å². The van der Waals surface area contributed by atoms with Gasteiger partial charge in [-0.25, -0.2) is 0 Å². The molecule has 1 aromatic carbocycles. The van der Waals surface area contributed by atoms with Crippen LogP contribution >= 0.6 is 0 Å². The molecule has 15 heavy (non-hydrogen) atoms. The van der Waals surface area contributed by atoms with Crippen LogP contribution < -0.4 is 11.1 Å². The van der Waals surface area contributed by atoms with E-state index in [1.54, 1.807) is 0 Å². The Morgan fingerprint density at radius 3 is 2.47 bits per heavy atom. The van der Waals surface area contributed by atoms with Crippen molar-refractivity contribution in [2.24, 2.45) is 5.73 Å². The Labute approximate surface area is 89.7 Å². The number of hydrogen-bond acceptors (Lipinski definition) is 2. The van der Waals surface area contributed by atoms with Crippen molar-refractivity contribution in [2.45, 2.75) is 31.3 Å². The fourth-order valence-corrected chi connectivity index (χ4v) is 1.80. The first-order valence-corrected chi connectivity index (χ1v) is 5.37. The Balaban J connectivity index is 2.08. The number of benzene rings is 1. The Kier molecular flexibility index (Phi) is 3.02. The highest BCUT2D eigenvalue weighted by atomic mass is 16.1. The summed E-state index contributed by atoms with van der Waals surface area (Å²) in [6.07, 6.45) is 3.55. The minimum atomic E-state index is -0.337. The minimum Gasteiger partial charge on any atom is -0.368 e. The van der Waals surface area contributed by atoms with Crippen molar-refractivity contribution in [1.82, 2.24) is 5.32 Å². The first kappa shape index (κ1) is 10.2. The van der Waals surface area contributed by atoms with E-state index in [1.807, 2.05) is 30.3 Å². The summed E-state index contributed by atoms with van der Waals surface area (Å²) >= 11 is 0. The van der Waals surface area contributed by atoms with Gasteiger partial charge in [-0.15, -0.1) is 0 Å². The molecule has 0 aliphatic heterocycles. The second-order valence-corrected chi connectivity index (χ2v) is 4.04. The average Bonchev–Trinajstić information content (AvgIpc) is 2.17. The average molecular weight is 204 g/mol. The number of carbonyl (C=O) groups is 1. The first-order chi connectivity index (χ1) is 7.27. The van der Waals surface area contributed by atoms with Gasteiger partial charge in [0, 0.05) is 6.04 Å². The molecule has 80 valence electrons. The fourth-order valence-electron chi connectivity index (χ4n) is 1.80. The van der Waals surface area contributed by atoms with Crippen molar-refractivity contribution < 1.29 is 4.79 Å². The summed E-state index contributed by atoms with van der Waals surface area (Å²) in [6.45, 7) is 0. The molecule has 3 N–H and O–H groups in total. The number of nitrogens with two attached hydrogens (primary N) is 1. The van der Waals surface area contributed by atoms with E-state index in [-0.39, 0.29) is 11.9 Å². The van der Waals surface area contributed by atoms with Crippen molar-refractivity contribution in [1.29, 1.82) is 0 Å². The third-order valence-corrected chi connectivity index (χ3v) is 2.92. The maximum Gasteiger partial charge on any atom is 0.239 e. The summed E-state index contributed by atoms with van der Waals surface area (Å²) in [4.78, 5) is 11.3. The quantitative estimate of drug-likeness (QED) is 0.778. The molecule has 1 unspecified atom stereocenters. The molecule has 0 aromatic heterocycles. The fraction of sp³-hybridized carbons (Fsp3) is 0.417. The van der Waals surface area contributed by atoms with Crippen LogP contribution in [-0.4, -0.2) is 11.9 Å². The van der Waals surface area contributed by atoms with E-state index in [0.29, 0.717) is 6.04 Å². The van der Waals surface area contributed by atoms with Crippen LogP contribution in [0.5, 0.6) is 0 Å². The monoisotopic (exact) mass is 204 g/mol. The van der Waals surface area contributed by atoms with Crippen molar-refractivity contribution in [3.63, 3.8) is 0 Å². The maximum atomic E-state index is 11.3. The lowest BCUT2D eigenvalue weighted by atomic mass is 9.91. The summed E-state index contributed by atoms with van der Waals surface area (Å²) in [5.74, 6) is -0.298. The summed E-state index contributed by atoms with van der Waals surface area (Å²) in [6, 6.07) is 9.77. The van der Waals surface area contributed by atoms with Gasteiger partial charge in [0.15, 0.2) is 0 Å². The predicted molar refractivity (Wildman–Crippen MR) is 59.2 cm³/mol. The van der Waals surface area contributed by atoms with Gasteiger partial charge in [0.2, 0.25) is 5.91 Å². The van der Waals surface area contributed by atoms with E-state index < -0.39 is 0 Å². The summed E-state index contributed by atoms with van der Waals surface area (Å²) in [5, 5.41) is 3.29. The van der Waals surface area contributed by atoms with Crippen LogP contribution in [-0.2, 0) is 4.79 Å². The van der Waals surface area contributed by atoms with E-state index in [1.165, 1.54) is 6.42 Å². The molecule has 0 heterocycles. The summed E-state index contributed by atoms with van der Waals surface area (Å²) in [5.41, 5.74) is 6.35. The molecule has 1 amide bonds. The van der Waals surface area contributed by atoms with Crippen LogP contribution in [0.15, 0.2) is 30.3 Å². The van der Waals surface area contributed by atoms with Gasteiger partial charge in [0.25, 0.3) is 0 Å². The van der Waals surface area contributed by atoms with Crippen molar-refractivity contribution in [2.75, 3.05) is 0 Å². The van der Waals surface area contributed by atoms with Gasteiger partial charge >= 0.3 is 0 Å². The number of rotatable bonds is 4. The van der Waals surface area contributed by atoms with E-state index in [2.05, 4.69) is 5.32 Å². The number of primary amides is 1. The zero-order chi connectivity index (χ0) is 10.7. The molecule has 0 saturated heterocycles. The topological polar surface area (TPSA) is 55.1 Å². The molecular formula is C12H16N2O. The number of hydrogen-bond donors (Lipinski definition) is 2. The lowest BCUT2D eigenvalue weighted by molar-refractivity contribution is -0.120. The summed E-state index contributed by atoms with van der Waals surface area (Å²) < 4.78 is 0. The van der Waals surface area contributed by atoms with Gasteiger partial charge in [0.05, 0.1) is 0 Å². The molecule has 1 atom stereocenters. The molecule has 1 aromatic rings. The molecule has 3 heteroatoms. The number of nitrogens with one attached hydrogen (secondary N) is 1. The van der Waals surface area contributed by atoms with Gasteiger partial charge in [-0.05, 0) is 18.4 Å². The Hall–Kier alpha value is -1.35.